The van der Waals surface area contributed by atoms with Crippen LogP contribution in [-0.2, 0) is 0 Å². The van der Waals surface area contributed by atoms with Crippen LogP contribution in [0.2, 0.25) is 0 Å². The Morgan fingerprint density at radius 2 is 2.36 bits per heavy atom. The lowest BCUT2D eigenvalue weighted by Gasteiger charge is -2.21. The molecule has 0 aromatic heterocycles. The summed E-state index contributed by atoms with van der Waals surface area (Å²) < 4.78 is 0. The highest BCUT2D eigenvalue weighted by Crippen LogP contribution is 2.19. The molecule has 1 fully saturated rings. The monoisotopic (exact) mass is 153 g/mol. The minimum Gasteiger partial charge on any atom is -0.404 e. The Morgan fingerprint density at radius 3 is 2.91 bits per heavy atom. The Labute approximate surface area is 67.2 Å². The third-order valence-electron chi connectivity index (χ3n) is 2.08. The lowest BCUT2D eigenvalue weighted by Crippen LogP contribution is -2.29. The van der Waals surface area contributed by atoms with E-state index >= 15 is 0 Å². The van der Waals surface area contributed by atoms with Gasteiger partial charge in [-0.2, -0.15) is 0 Å². The van der Waals surface area contributed by atoms with Gasteiger partial charge in [0.15, 0.2) is 0 Å². The molecule has 0 bridgehead atoms. The summed E-state index contributed by atoms with van der Waals surface area (Å²) in [5.41, 5.74) is 13.4. The molecule has 1 atom stereocenters. The molecule has 0 aromatic carbocycles. The molecule has 0 aliphatic heterocycles. The fourth-order valence-corrected chi connectivity index (χ4v) is 1.38. The lowest BCUT2D eigenvalue weighted by molar-refractivity contribution is 0.612. The van der Waals surface area contributed by atoms with E-state index in [4.69, 9.17) is 11.5 Å². The predicted octanol–water partition coefficient (Wildman–Crippen LogP) is 0.411. The first kappa shape index (κ1) is 8.27. The summed E-state index contributed by atoms with van der Waals surface area (Å²) in [6, 6.07) is 0.275. The molecule has 4 N–H and O–H groups in total. The van der Waals surface area contributed by atoms with Crippen LogP contribution in [0.1, 0.15) is 19.3 Å². The van der Waals surface area contributed by atoms with Gasteiger partial charge in [0.1, 0.15) is 0 Å². The van der Waals surface area contributed by atoms with E-state index in [2.05, 4.69) is 4.99 Å². The van der Waals surface area contributed by atoms with Crippen molar-refractivity contribution in [2.45, 2.75) is 25.3 Å². The SMILES string of the molecule is CN=C1CC(N)CCC1=CN. The average molecular weight is 153 g/mol. The number of nitrogens with zero attached hydrogens (tertiary/aromatic N) is 1. The zero-order valence-electron chi connectivity index (χ0n) is 6.88. The lowest BCUT2D eigenvalue weighted by atomic mass is 9.90. The summed E-state index contributed by atoms with van der Waals surface area (Å²) in [7, 11) is 1.79. The van der Waals surface area contributed by atoms with Gasteiger partial charge < -0.3 is 11.5 Å². The van der Waals surface area contributed by atoms with Crippen molar-refractivity contribution in [3.8, 4) is 0 Å². The van der Waals surface area contributed by atoms with E-state index < -0.39 is 0 Å². The van der Waals surface area contributed by atoms with Crippen LogP contribution in [0.5, 0.6) is 0 Å². The van der Waals surface area contributed by atoms with Crippen LogP contribution in [0.15, 0.2) is 16.8 Å². The highest BCUT2D eigenvalue weighted by molar-refractivity contribution is 6.01. The van der Waals surface area contributed by atoms with Crippen molar-refractivity contribution in [1.29, 1.82) is 0 Å². The zero-order valence-corrected chi connectivity index (χ0v) is 6.88. The molecule has 1 aliphatic rings. The van der Waals surface area contributed by atoms with Crippen LogP contribution in [0, 0.1) is 0 Å². The van der Waals surface area contributed by atoms with Gasteiger partial charge in [0.2, 0.25) is 0 Å². The number of rotatable bonds is 0. The predicted molar refractivity (Wildman–Crippen MR) is 47.5 cm³/mol. The van der Waals surface area contributed by atoms with Crippen molar-refractivity contribution in [3.05, 3.63) is 11.8 Å². The van der Waals surface area contributed by atoms with E-state index in [9.17, 15) is 0 Å². The Kier molecular flexibility index (Phi) is 2.65. The van der Waals surface area contributed by atoms with E-state index in [0.717, 1.165) is 30.5 Å². The van der Waals surface area contributed by atoms with Crippen LogP contribution in [-0.4, -0.2) is 18.8 Å². The summed E-state index contributed by atoms with van der Waals surface area (Å²) in [6.07, 6.45) is 4.53. The van der Waals surface area contributed by atoms with Gasteiger partial charge in [0.05, 0.1) is 0 Å². The van der Waals surface area contributed by atoms with E-state index in [1.807, 2.05) is 0 Å². The Balaban J connectivity index is 2.72. The van der Waals surface area contributed by atoms with Crippen molar-refractivity contribution in [2.75, 3.05) is 7.05 Å². The maximum atomic E-state index is 5.77. The van der Waals surface area contributed by atoms with Crippen molar-refractivity contribution in [2.24, 2.45) is 16.5 Å². The summed E-state index contributed by atoms with van der Waals surface area (Å²) in [5.74, 6) is 0. The number of hydrogen-bond donors (Lipinski definition) is 2. The van der Waals surface area contributed by atoms with Crippen molar-refractivity contribution in [3.63, 3.8) is 0 Å². The van der Waals surface area contributed by atoms with Gasteiger partial charge >= 0.3 is 0 Å². The second-order valence-electron chi connectivity index (χ2n) is 2.87. The van der Waals surface area contributed by atoms with Crippen LogP contribution in [0.3, 0.4) is 0 Å². The molecule has 0 radical (unpaired) electrons. The van der Waals surface area contributed by atoms with Crippen molar-refractivity contribution < 1.29 is 0 Å². The highest BCUT2D eigenvalue weighted by atomic mass is 14.7. The zero-order chi connectivity index (χ0) is 8.27. The van der Waals surface area contributed by atoms with Crippen LogP contribution in [0.25, 0.3) is 0 Å². The second kappa shape index (κ2) is 3.53. The van der Waals surface area contributed by atoms with E-state index in [1.165, 1.54) is 0 Å². The Bertz CT molecular complexity index is 194. The minimum absolute atomic E-state index is 0.275. The largest absolute Gasteiger partial charge is 0.404 e. The first-order chi connectivity index (χ1) is 5.27. The fraction of sp³-hybridized carbons (Fsp3) is 0.625. The van der Waals surface area contributed by atoms with Crippen LogP contribution >= 0.6 is 0 Å². The quantitative estimate of drug-likeness (QED) is 0.529. The van der Waals surface area contributed by atoms with Gasteiger partial charge in [-0.05, 0) is 24.6 Å². The standard InChI is InChI=1S/C8H15N3/c1-11-8-4-7(10)3-2-6(8)5-9/h5,7H,2-4,9-10H2,1H3. The topological polar surface area (TPSA) is 64.4 Å². The summed E-state index contributed by atoms with van der Waals surface area (Å²) in [6.45, 7) is 0. The molecule has 11 heavy (non-hydrogen) atoms. The normalized spacial score (nSPS) is 33.1. The molecule has 1 aliphatic carbocycles. The molecule has 0 spiro atoms. The maximum Gasteiger partial charge on any atom is 0.0406 e. The maximum absolute atomic E-state index is 5.77. The van der Waals surface area contributed by atoms with Gasteiger partial charge in [-0.1, -0.05) is 0 Å². The number of aliphatic imine (C=N–C) groups is 1. The first-order valence-corrected chi connectivity index (χ1v) is 3.90. The summed E-state index contributed by atoms with van der Waals surface area (Å²) >= 11 is 0. The molecule has 1 unspecified atom stereocenters. The van der Waals surface area contributed by atoms with Crippen LogP contribution < -0.4 is 11.5 Å². The first-order valence-electron chi connectivity index (χ1n) is 3.90. The van der Waals surface area contributed by atoms with E-state index in [-0.39, 0.29) is 6.04 Å². The Morgan fingerprint density at radius 1 is 1.64 bits per heavy atom. The van der Waals surface area contributed by atoms with Crippen LogP contribution in [0.4, 0.5) is 0 Å². The summed E-state index contributed by atoms with van der Waals surface area (Å²) in [4.78, 5) is 4.14. The Hall–Kier alpha value is -0.830. The van der Waals surface area contributed by atoms with Crippen molar-refractivity contribution >= 4 is 5.71 Å². The molecule has 1 rings (SSSR count). The minimum atomic E-state index is 0.275. The molecule has 0 heterocycles. The van der Waals surface area contributed by atoms with Crippen molar-refractivity contribution in [1.82, 2.24) is 0 Å². The molecular formula is C8H15N3. The molecule has 3 heteroatoms. The average Bonchev–Trinajstić information content (AvgIpc) is 2.04. The number of hydrogen-bond acceptors (Lipinski definition) is 3. The summed E-state index contributed by atoms with van der Waals surface area (Å²) in [5, 5.41) is 0. The number of nitrogens with two attached hydrogens (primary N) is 2. The third kappa shape index (κ3) is 1.80. The molecule has 0 saturated heterocycles. The third-order valence-corrected chi connectivity index (χ3v) is 2.08. The van der Waals surface area contributed by atoms with E-state index in [1.54, 1.807) is 13.2 Å². The van der Waals surface area contributed by atoms with Gasteiger partial charge in [0.25, 0.3) is 0 Å². The molecular weight excluding hydrogens is 138 g/mol. The second-order valence-corrected chi connectivity index (χ2v) is 2.87. The molecule has 62 valence electrons. The highest BCUT2D eigenvalue weighted by Gasteiger charge is 2.17. The molecule has 1 saturated carbocycles. The van der Waals surface area contributed by atoms with Gasteiger partial charge in [0, 0.05) is 25.2 Å². The fourth-order valence-electron chi connectivity index (χ4n) is 1.38. The van der Waals surface area contributed by atoms with Gasteiger partial charge in [-0.25, -0.2) is 0 Å². The van der Waals surface area contributed by atoms with E-state index in [0.29, 0.717) is 0 Å². The smallest absolute Gasteiger partial charge is 0.0406 e. The number of allylic oxidation sites excluding steroid dienone is 1. The molecule has 3 nitrogen and oxygen atoms in total. The van der Waals surface area contributed by atoms with Gasteiger partial charge in [-0.15, -0.1) is 0 Å². The molecule has 0 amide bonds. The van der Waals surface area contributed by atoms with Gasteiger partial charge in [-0.3, -0.25) is 4.99 Å². The molecule has 0 aromatic rings.